The summed E-state index contributed by atoms with van der Waals surface area (Å²) < 4.78 is 7.15. The van der Waals surface area contributed by atoms with Crippen LogP contribution in [0.25, 0.3) is 0 Å². The van der Waals surface area contributed by atoms with Crippen LogP contribution in [-0.4, -0.2) is 34.3 Å². The lowest BCUT2D eigenvalue weighted by Crippen LogP contribution is -2.35. The molecule has 122 valence electrons. The number of benzene rings is 1. The van der Waals surface area contributed by atoms with Gasteiger partial charge in [-0.05, 0) is 43.4 Å². The van der Waals surface area contributed by atoms with Crippen molar-refractivity contribution in [2.45, 2.75) is 38.1 Å². The number of carbonyl (C=O) groups is 1. The van der Waals surface area contributed by atoms with E-state index in [-0.39, 0.29) is 11.3 Å². The molecule has 0 saturated heterocycles. The van der Waals surface area contributed by atoms with Gasteiger partial charge in [0.15, 0.2) is 0 Å². The largest absolute Gasteiger partial charge is 0.496 e. The smallest absolute Gasteiger partial charge is 0.230 e. The Labute approximate surface area is 135 Å². The van der Waals surface area contributed by atoms with Gasteiger partial charge in [-0.15, -0.1) is 0 Å². The fourth-order valence-electron chi connectivity index (χ4n) is 2.85. The van der Waals surface area contributed by atoms with Crippen LogP contribution >= 0.6 is 0 Å². The Hall–Kier alpha value is -2.37. The summed E-state index contributed by atoms with van der Waals surface area (Å²) in [5, 5.41) is 7.11. The highest BCUT2D eigenvalue weighted by atomic mass is 16.5. The van der Waals surface area contributed by atoms with Gasteiger partial charge in [-0.1, -0.05) is 12.1 Å². The molecule has 0 spiro atoms. The van der Waals surface area contributed by atoms with Crippen LogP contribution in [-0.2, 0) is 16.8 Å². The number of methoxy groups -OCH3 is 1. The van der Waals surface area contributed by atoms with Crippen molar-refractivity contribution >= 4 is 5.91 Å². The molecule has 1 amide bonds. The lowest BCUT2D eigenvalue weighted by atomic mass is 9.93. The SMILES string of the molecule is COc1cc(C2(C(=O)NCCCn3cncn3)CC2)ccc1C. The fraction of sp³-hybridized carbons (Fsp3) is 0.471. The van der Waals surface area contributed by atoms with Gasteiger partial charge in [0, 0.05) is 13.1 Å². The summed E-state index contributed by atoms with van der Waals surface area (Å²) in [7, 11) is 1.66. The van der Waals surface area contributed by atoms with Gasteiger partial charge < -0.3 is 10.1 Å². The second-order valence-corrected chi connectivity index (χ2v) is 6.03. The molecule has 0 atom stereocenters. The molecule has 1 heterocycles. The third-order valence-electron chi connectivity index (χ3n) is 4.46. The van der Waals surface area contributed by atoms with E-state index in [4.69, 9.17) is 4.74 Å². The van der Waals surface area contributed by atoms with E-state index in [9.17, 15) is 4.79 Å². The van der Waals surface area contributed by atoms with Gasteiger partial charge in [-0.3, -0.25) is 9.48 Å². The topological polar surface area (TPSA) is 69.0 Å². The van der Waals surface area contributed by atoms with E-state index in [1.54, 1.807) is 18.1 Å². The molecule has 6 heteroatoms. The number of rotatable bonds is 7. The van der Waals surface area contributed by atoms with E-state index in [0.717, 1.165) is 42.7 Å². The number of hydrogen-bond acceptors (Lipinski definition) is 4. The predicted octanol–water partition coefficient (Wildman–Crippen LogP) is 1.83. The Bertz CT molecular complexity index is 678. The molecule has 1 N–H and O–H groups in total. The summed E-state index contributed by atoms with van der Waals surface area (Å²) in [4.78, 5) is 16.5. The van der Waals surface area contributed by atoms with Crippen LogP contribution < -0.4 is 10.1 Å². The summed E-state index contributed by atoms with van der Waals surface area (Å²) >= 11 is 0. The third kappa shape index (κ3) is 3.21. The van der Waals surface area contributed by atoms with Crippen molar-refractivity contribution < 1.29 is 9.53 Å². The Morgan fingerprint density at radius 2 is 2.26 bits per heavy atom. The lowest BCUT2D eigenvalue weighted by molar-refractivity contribution is -0.123. The fourth-order valence-corrected chi connectivity index (χ4v) is 2.85. The van der Waals surface area contributed by atoms with E-state index in [1.807, 2.05) is 25.1 Å². The number of hydrogen-bond donors (Lipinski definition) is 1. The zero-order valence-corrected chi connectivity index (χ0v) is 13.6. The van der Waals surface area contributed by atoms with Gasteiger partial charge in [0.25, 0.3) is 0 Å². The zero-order valence-electron chi connectivity index (χ0n) is 13.6. The summed E-state index contributed by atoms with van der Waals surface area (Å²) in [6.45, 7) is 3.40. The monoisotopic (exact) mass is 314 g/mol. The highest BCUT2D eigenvalue weighted by molar-refractivity contribution is 5.91. The van der Waals surface area contributed by atoms with Gasteiger partial charge in [0.2, 0.25) is 5.91 Å². The molecule has 23 heavy (non-hydrogen) atoms. The maximum Gasteiger partial charge on any atom is 0.230 e. The van der Waals surface area contributed by atoms with E-state index in [0.29, 0.717) is 6.54 Å². The molecule has 1 aromatic heterocycles. The molecule has 0 unspecified atom stereocenters. The quantitative estimate of drug-likeness (QED) is 0.792. The van der Waals surface area contributed by atoms with Crippen molar-refractivity contribution in [1.82, 2.24) is 20.1 Å². The zero-order chi connectivity index (χ0) is 16.3. The number of aromatic nitrogens is 3. The summed E-state index contributed by atoms with van der Waals surface area (Å²) in [5.41, 5.74) is 1.77. The molecule has 1 aliphatic carbocycles. The van der Waals surface area contributed by atoms with Gasteiger partial charge in [0.05, 0.1) is 12.5 Å². The van der Waals surface area contributed by atoms with Crippen molar-refractivity contribution in [3.05, 3.63) is 42.0 Å². The number of ether oxygens (including phenoxy) is 1. The number of carbonyl (C=O) groups excluding carboxylic acids is 1. The van der Waals surface area contributed by atoms with Gasteiger partial charge in [0.1, 0.15) is 18.4 Å². The van der Waals surface area contributed by atoms with Gasteiger partial charge in [-0.2, -0.15) is 5.10 Å². The van der Waals surface area contributed by atoms with E-state index < -0.39 is 0 Å². The first kappa shape index (κ1) is 15.5. The van der Waals surface area contributed by atoms with Gasteiger partial charge >= 0.3 is 0 Å². The molecule has 1 aliphatic rings. The number of aryl methyl sites for hydroxylation is 2. The number of amides is 1. The lowest BCUT2D eigenvalue weighted by Gasteiger charge is -2.17. The van der Waals surface area contributed by atoms with Crippen LogP contribution in [0.3, 0.4) is 0 Å². The molecule has 0 aliphatic heterocycles. The maximum absolute atomic E-state index is 12.6. The van der Waals surface area contributed by atoms with Crippen molar-refractivity contribution in [2.24, 2.45) is 0 Å². The Kier molecular flexibility index (Phi) is 4.32. The molecule has 1 aromatic carbocycles. The Morgan fingerprint density at radius 3 is 2.91 bits per heavy atom. The Balaban J connectivity index is 1.58. The first-order chi connectivity index (χ1) is 11.2. The summed E-state index contributed by atoms with van der Waals surface area (Å²) in [6.07, 6.45) is 5.83. The van der Waals surface area contributed by atoms with Crippen molar-refractivity contribution in [3.63, 3.8) is 0 Å². The van der Waals surface area contributed by atoms with Crippen LogP contribution in [0, 0.1) is 6.92 Å². The Morgan fingerprint density at radius 1 is 1.43 bits per heavy atom. The van der Waals surface area contributed by atoms with Crippen LogP contribution in [0.1, 0.15) is 30.4 Å². The highest BCUT2D eigenvalue weighted by Crippen LogP contribution is 2.49. The van der Waals surface area contributed by atoms with E-state index >= 15 is 0 Å². The average Bonchev–Trinajstić information content (AvgIpc) is 3.21. The first-order valence-corrected chi connectivity index (χ1v) is 7.91. The first-order valence-electron chi connectivity index (χ1n) is 7.91. The number of nitrogens with zero attached hydrogens (tertiary/aromatic N) is 3. The maximum atomic E-state index is 12.6. The van der Waals surface area contributed by atoms with Gasteiger partial charge in [-0.25, -0.2) is 4.98 Å². The normalized spacial score (nSPS) is 15.2. The van der Waals surface area contributed by atoms with Crippen LogP contribution in [0.2, 0.25) is 0 Å². The van der Waals surface area contributed by atoms with Crippen LogP contribution in [0.15, 0.2) is 30.9 Å². The van der Waals surface area contributed by atoms with Crippen molar-refractivity contribution in [3.8, 4) is 5.75 Å². The summed E-state index contributed by atoms with van der Waals surface area (Å²) in [6, 6.07) is 6.06. The van der Waals surface area contributed by atoms with E-state index in [2.05, 4.69) is 15.4 Å². The summed E-state index contributed by atoms with van der Waals surface area (Å²) in [5.74, 6) is 0.953. The molecule has 1 fully saturated rings. The minimum absolute atomic E-state index is 0.113. The van der Waals surface area contributed by atoms with Crippen molar-refractivity contribution in [1.29, 1.82) is 0 Å². The molecule has 2 aromatic rings. The molecule has 1 saturated carbocycles. The van der Waals surface area contributed by atoms with Crippen molar-refractivity contribution in [2.75, 3.05) is 13.7 Å². The standard InChI is InChI=1S/C17H22N4O2/c1-13-4-5-14(10-15(13)23-2)17(6-7-17)16(22)19-8-3-9-21-12-18-11-20-21/h4-5,10-12H,3,6-9H2,1-2H3,(H,19,22). The molecular formula is C17H22N4O2. The second kappa shape index (κ2) is 6.40. The minimum Gasteiger partial charge on any atom is -0.496 e. The molecule has 0 bridgehead atoms. The second-order valence-electron chi connectivity index (χ2n) is 6.03. The third-order valence-corrected chi connectivity index (χ3v) is 4.46. The molecule has 0 radical (unpaired) electrons. The van der Waals surface area contributed by atoms with E-state index in [1.165, 1.54) is 6.33 Å². The molecular weight excluding hydrogens is 292 g/mol. The highest BCUT2D eigenvalue weighted by Gasteiger charge is 2.51. The average molecular weight is 314 g/mol. The van der Waals surface area contributed by atoms with Crippen LogP contribution in [0.5, 0.6) is 5.75 Å². The minimum atomic E-state index is -0.367. The molecule has 3 rings (SSSR count). The molecule has 6 nitrogen and oxygen atoms in total. The van der Waals surface area contributed by atoms with Crippen LogP contribution in [0.4, 0.5) is 0 Å². The predicted molar refractivity (Wildman–Crippen MR) is 86.3 cm³/mol. The number of nitrogens with one attached hydrogen (secondary N) is 1.